The molecule has 0 fully saturated rings. The zero-order chi connectivity index (χ0) is 13.5. The molecule has 0 radical (unpaired) electrons. The number of ether oxygens (including phenoxy) is 1. The summed E-state index contributed by atoms with van der Waals surface area (Å²) >= 11 is 0. The third kappa shape index (κ3) is 3.78. The fourth-order valence-corrected chi connectivity index (χ4v) is 1.57. The van der Waals surface area contributed by atoms with Crippen LogP contribution < -0.4 is 5.48 Å². The molecule has 98 valence electrons. The molecular weight excluding hydrogens is 234 g/mol. The Bertz CT molecular complexity index is 454. The molecule has 2 N–H and O–H groups in total. The monoisotopic (exact) mass is 251 g/mol. The molecule has 0 saturated heterocycles. The topological polar surface area (TPSA) is 67.8 Å². The van der Waals surface area contributed by atoms with E-state index in [1.54, 1.807) is 25.1 Å². The first kappa shape index (κ1) is 14.1. The van der Waals surface area contributed by atoms with Crippen molar-refractivity contribution in [1.82, 2.24) is 5.48 Å². The van der Waals surface area contributed by atoms with Gasteiger partial charge in [0.1, 0.15) is 5.75 Å². The maximum atomic E-state index is 11.7. The molecule has 1 aromatic rings. The number of methoxy groups -OCH3 is 1. The van der Waals surface area contributed by atoms with E-state index in [0.717, 1.165) is 5.56 Å². The van der Waals surface area contributed by atoms with Crippen LogP contribution in [0.2, 0.25) is 0 Å². The van der Waals surface area contributed by atoms with E-state index in [-0.39, 0.29) is 5.75 Å². The minimum atomic E-state index is -0.430. The smallest absolute Gasteiger partial charge is 0.335 e. The van der Waals surface area contributed by atoms with Crippen LogP contribution in [0.3, 0.4) is 0 Å². The fraction of sp³-hybridized carbons (Fsp3) is 0.308. The molecule has 5 nitrogen and oxygen atoms in total. The summed E-state index contributed by atoms with van der Waals surface area (Å²) in [4.78, 5) is 16.5. The molecule has 1 rings (SSSR count). The van der Waals surface area contributed by atoms with Crippen molar-refractivity contribution in [2.24, 2.45) is 0 Å². The molecule has 0 unspecified atom stereocenters. The van der Waals surface area contributed by atoms with Crippen LogP contribution >= 0.6 is 0 Å². The molecule has 0 aliphatic heterocycles. The molecule has 0 aliphatic carbocycles. The fourth-order valence-electron chi connectivity index (χ4n) is 1.57. The maximum absolute atomic E-state index is 11.7. The number of esters is 1. The summed E-state index contributed by atoms with van der Waals surface area (Å²) in [6.45, 7) is 1.72. The normalized spacial score (nSPS) is 11.7. The predicted molar refractivity (Wildman–Crippen MR) is 66.7 cm³/mol. The Morgan fingerprint density at radius 1 is 1.39 bits per heavy atom. The predicted octanol–water partition coefficient (Wildman–Crippen LogP) is 1.53. The molecule has 0 spiro atoms. The first-order chi connectivity index (χ1) is 8.58. The molecule has 0 atom stereocenters. The zero-order valence-corrected chi connectivity index (χ0v) is 10.7. The molecule has 0 amide bonds. The minimum absolute atomic E-state index is 0.161. The standard InChI is InChI=1S/C13H17NO4/c1-9(14-18-3)12(13(16)17-2)8-10-5-4-6-11(15)7-10/h4-7,14-15H,8H2,1-3H3. The molecule has 0 saturated carbocycles. The van der Waals surface area contributed by atoms with Gasteiger partial charge in [-0.3, -0.25) is 10.3 Å². The highest BCUT2D eigenvalue weighted by atomic mass is 16.6. The van der Waals surface area contributed by atoms with Gasteiger partial charge in [-0.2, -0.15) is 0 Å². The van der Waals surface area contributed by atoms with E-state index >= 15 is 0 Å². The second kappa shape index (κ2) is 6.66. The van der Waals surface area contributed by atoms with Gasteiger partial charge < -0.3 is 9.84 Å². The molecule has 0 heterocycles. The van der Waals surface area contributed by atoms with Crippen LogP contribution in [0.5, 0.6) is 5.75 Å². The average molecular weight is 251 g/mol. The van der Waals surface area contributed by atoms with E-state index in [1.807, 2.05) is 6.07 Å². The van der Waals surface area contributed by atoms with Gasteiger partial charge in [-0.25, -0.2) is 4.79 Å². The van der Waals surface area contributed by atoms with E-state index in [0.29, 0.717) is 17.7 Å². The van der Waals surface area contributed by atoms with Crippen LogP contribution in [0.15, 0.2) is 35.5 Å². The van der Waals surface area contributed by atoms with Gasteiger partial charge in [0.05, 0.1) is 19.8 Å². The summed E-state index contributed by atoms with van der Waals surface area (Å²) in [7, 11) is 2.79. The first-order valence-electron chi connectivity index (χ1n) is 5.43. The third-order valence-electron chi connectivity index (χ3n) is 2.43. The van der Waals surface area contributed by atoms with Gasteiger partial charge in [0.25, 0.3) is 0 Å². The van der Waals surface area contributed by atoms with Crippen LogP contribution in [0, 0.1) is 0 Å². The number of carbonyl (C=O) groups excluding carboxylic acids is 1. The van der Waals surface area contributed by atoms with Crippen molar-refractivity contribution in [1.29, 1.82) is 0 Å². The highest BCUT2D eigenvalue weighted by molar-refractivity contribution is 5.89. The summed E-state index contributed by atoms with van der Waals surface area (Å²) in [5.41, 5.74) is 4.45. The zero-order valence-electron chi connectivity index (χ0n) is 10.7. The van der Waals surface area contributed by atoms with E-state index in [2.05, 4.69) is 5.48 Å². The number of hydrogen-bond donors (Lipinski definition) is 2. The van der Waals surface area contributed by atoms with Gasteiger partial charge in [-0.05, 0) is 24.6 Å². The van der Waals surface area contributed by atoms with Crippen molar-refractivity contribution in [3.8, 4) is 5.75 Å². The summed E-state index contributed by atoms with van der Waals surface area (Å²) < 4.78 is 4.73. The van der Waals surface area contributed by atoms with Crippen LogP contribution in [0.4, 0.5) is 0 Å². The lowest BCUT2D eigenvalue weighted by Crippen LogP contribution is -2.18. The van der Waals surface area contributed by atoms with Gasteiger partial charge in [0, 0.05) is 12.1 Å². The van der Waals surface area contributed by atoms with Crippen molar-refractivity contribution in [2.45, 2.75) is 13.3 Å². The Hall–Kier alpha value is -2.01. The molecule has 0 aliphatic rings. The maximum Gasteiger partial charge on any atom is 0.335 e. The van der Waals surface area contributed by atoms with Crippen molar-refractivity contribution in [2.75, 3.05) is 14.2 Å². The Balaban J connectivity index is 2.99. The number of rotatable bonds is 5. The number of aromatic hydroxyl groups is 1. The van der Waals surface area contributed by atoms with Gasteiger partial charge in [-0.1, -0.05) is 12.1 Å². The lowest BCUT2D eigenvalue weighted by atomic mass is 10.0. The van der Waals surface area contributed by atoms with E-state index in [9.17, 15) is 9.90 Å². The number of hydroxylamine groups is 1. The van der Waals surface area contributed by atoms with E-state index in [4.69, 9.17) is 9.57 Å². The van der Waals surface area contributed by atoms with Crippen LogP contribution in [-0.4, -0.2) is 25.3 Å². The summed E-state index contributed by atoms with van der Waals surface area (Å²) in [5.74, 6) is -0.269. The van der Waals surface area contributed by atoms with Crippen LogP contribution in [0.25, 0.3) is 0 Å². The third-order valence-corrected chi connectivity index (χ3v) is 2.43. The van der Waals surface area contributed by atoms with E-state index in [1.165, 1.54) is 14.2 Å². The molecular formula is C13H17NO4. The van der Waals surface area contributed by atoms with Crippen molar-refractivity contribution in [3.63, 3.8) is 0 Å². The minimum Gasteiger partial charge on any atom is -0.508 e. The molecule has 0 aromatic heterocycles. The number of nitrogens with one attached hydrogen (secondary N) is 1. The van der Waals surface area contributed by atoms with E-state index < -0.39 is 5.97 Å². The van der Waals surface area contributed by atoms with Gasteiger partial charge in [-0.15, -0.1) is 0 Å². The van der Waals surface area contributed by atoms with Gasteiger partial charge in [0.2, 0.25) is 0 Å². The summed E-state index contributed by atoms with van der Waals surface area (Å²) in [6, 6.07) is 6.72. The number of allylic oxidation sites excluding steroid dienone is 1. The number of phenols is 1. The van der Waals surface area contributed by atoms with Gasteiger partial charge in [0.15, 0.2) is 0 Å². The first-order valence-corrected chi connectivity index (χ1v) is 5.43. The lowest BCUT2D eigenvalue weighted by Gasteiger charge is -2.11. The lowest BCUT2D eigenvalue weighted by molar-refractivity contribution is -0.136. The second-order valence-electron chi connectivity index (χ2n) is 3.75. The number of hydrogen-bond acceptors (Lipinski definition) is 5. The number of carbonyl (C=O) groups is 1. The number of phenolic OH excluding ortho intramolecular Hbond substituents is 1. The molecule has 1 aromatic carbocycles. The SMILES string of the molecule is CONC(C)=C(Cc1cccc(O)c1)C(=O)OC. The molecule has 0 bridgehead atoms. The Kier molecular flexibility index (Phi) is 5.20. The Morgan fingerprint density at radius 2 is 2.11 bits per heavy atom. The van der Waals surface area contributed by atoms with Gasteiger partial charge >= 0.3 is 5.97 Å². The summed E-state index contributed by atoms with van der Waals surface area (Å²) in [6.07, 6.45) is 0.350. The van der Waals surface area contributed by atoms with Crippen molar-refractivity contribution >= 4 is 5.97 Å². The van der Waals surface area contributed by atoms with Crippen LogP contribution in [0.1, 0.15) is 12.5 Å². The second-order valence-corrected chi connectivity index (χ2v) is 3.75. The molecule has 18 heavy (non-hydrogen) atoms. The summed E-state index contributed by atoms with van der Waals surface area (Å²) in [5, 5.41) is 9.39. The molecule has 5 heteroatoms. The Labute approximate surface area is 106 Å². The quantitative estimate of drug-likeness (QED) is 0.472. The highest BCUT2D eigenvalue weighted by Crippen LogP contribution is 2.17. The number of benzene rings is 1. The largest absolute Gasteiger partial charge is 0.508 e. The van der Waals surface area contributed by atoms with Crippen molar-refractivity contribution < 1.29 is 19.5 Å². The average Bonchev–Trinajstić information content (AvgIpc) is 2.35. The Morgan fingerprint density at radius 3 is 2.67 bits per heavy atom. The highest BCUT2D eigenvalue weighted by Gasteiger charge is 2.14. The van der Waals surface area contributed by atoms with Crippen LogP contribution in [-0.2, 0) is 20.8 Å². The van der Waals surface area contributed by atoms with Crippen molar-refractivity contribution in [3.05, 3.63) is 41.1 Å².